The molecule has 0 aromatic rings. The molecule has 0 heterocycles. The lowest BCUT2D eigenvalue weighted by Crippen LogP contribution is -2.38. The van der Waals surface area contributed by atoms with Gasteiger partial charge in [-0.2, -0.15) is 0 Å². The lowest BCUT2D eigenvalue weighted by Gasteiger charge is -2.27. The zero-order valence-electron chi connectivity index (χ0n) is 8.79. The highest BCUT2D eigenvalue weighted by Gasteiger charge is 2.15. The first-order chi connectivity index (χ1) is 5.37. The number of likely N-dealkylation sites (N-methyl/N-ethyl adjacent to an activating group) is 1. The van der Waals surface area contributed by atoms with Crippen LogP contribution < -0.4 is 0 Å². The largest absolute Gasteiger partial charge is 0.395 e. The highest BCUT2D eigenvalue weighted by molar-refractivity contribution is 4.67. The Balaban J connectivity index is 3.73. The van der Waals surface area contributed by atoms with Crippen LogP contribution in [0.5, 0.6) is 0 Å². The minimum absolute atomic E-state index is 0.101. The normalized spacial score (nSPS) is 15.2. The van der Waals surface area contributed by atoms with Crippen LogP contribution in [0.15, 0.2) is 0 Å². The Morgan fingerprint density at radius 3 is 2.08 bits per heavy atom. The van der Waals surface area contributed by atoms with Crippen molar-refractivity contribution in [3.05, 3.63) is 0 Å². The number of nitrogens with zero attached hydrogens (tertiary/aromatic N) is 1. The van der Waals surface area contributed by atoms with Gasteiger partial charge in [-0.3, -0.25) is 0 Å². The summed E-state index contributed by atoms with van der Waals surface area (Å²) in [7, 11) is 3.87. The fourth-order valence-corrected chi connectivity index (χ4v) is 0.711. The number of rotatable bonds is 4. The molecule has 1 atom stereocenters. The molecule has 1 N–H and O–H groups in total. The van der Waals surface area contributed by atoms with E-state index in [1.54, 1.807) is 0 Å². The van der Waals surface area contributed by atoms with E-state index in [1.165, 1.54) is 0 Å². The van der Waals surface area contributed by atoms with Crippen LogP contribution in [-0.4, -0.2) is 49.0 Å². The molecule has 12 heavy (non-hydrogen) atoms. The molecular weight excluding hydrogens is 154 g/mol. The van der Waals surface area contributed by atoms with Crippen molar-refractivity contribution >= 4 is 0 Å². The van der Waals surface area contributed by atoms with Crippen LogP contribution in [0, 0.1) is 0 Å². The van der Waals surface area contributed by atoms with Crippen LogP contribution in [-0.2, 0) is 4.74 Å². The number of hydrogen-bond acceptors (Lipinski definition) is 3. The molecule has 0 radical (unpaired) electrons. The van der Waals surface area contributed by atoms with Gasteiger partial charge in [0.15, 0.2) is 0 Å². The first kappa shape index (κ1) is 11.9. The summed E-state index contributed by atoms with van der Waals surface area (Å²) >= 11 is 0. The van der Waals surface area contributed by atoms with E-state index in [9.17, 15) is 0 Å². The summed E-state index contributed by atoms with van der Waals surface area (Å²) in [6.07, 6.45) is 0. The molecule has 0 aromatic heterocycles. The summed E-state index contributed by atoms with van der Waals surface area (Å²) in [5.74, 6) is 0. The van der Waals surface area contributed by atoms with E-state index >= 15 is 0 Å². The Kier molecular flexibility index (Phi) is 4.75. The van der Waals surface area contributed by atoms with E-state index in [0.717, 1.165) is 0 Å². The molecule has 0 rings (SSSR count). The average Bonchev–Trinajstić information content (AvgIpc) is 1.85. The van der Waals surface area contributed by atoms with Gasteiger partial charge in [0.25, 0.3) is 0 Å². The summed E-state index contributed by atoms with van der Waals surface area (Å²) in [6, 6.07) is 0.101. The molecule has 0 amide bonds. The van der Waals surface area contributed by atoms with E-state index in [0.29, 0.717) is 6.61 Å². The van der Waals surface area contributed by atoms with Gasteiger partial charge in [-0.25, -0.2) is 0 Å². The van der Waals surface area contributed by atoms with E-state index in [-0.39, 0.29) is 18.2 Å². The van der Waals surface area contributed by atoms with Gasteiger partial charge < -0.3 is 14.7 Å². The lowest BCUT2D eigenvalue weighted by atomic mass is 10.2. The maximum atomic E-state index is 8.97. The predicted octanol–water partition coefficient (Wildman–Crippen LogP) is 0.724. The third-order valence-electron chi connectivity index (χ3n) is 1.65. The molecular formula is C9H21NO2. The summed E-state index contributed by atoms with van der Waals surface area (Å²) in [5, 5.41) is 8.97. The number of hydrogen-bond donors (Lipinski definition) is 1. The molecule has 0 fully saturated rings. The third kappa shape index (κ3) is 5.52. The Morgan fingerprint density at radius 1 is 1.33 bits per heavy atom. The van der Waals surface area contributed by atoms with Crippen LogP contribution in [0.25, 0.3) is 0 Å². The predicted molar refractivity (Wildman–Crippen MR) is 50.3 cm³/mol. The highest BCUT2D eigenvalue weighted by Crippen LogP contribution is 2.08. The van der Waals surface area contributed by atoms with Crippen molar-refractivity contribution in [2.75, 3.05) is 27.3 Å². The standard InChI is InChI=1S/C9H21NO2/c1-9(2,3)12-7-8(6-11)10(4)5/h8,11H,6-7H2,1-5H3. The van der Waals surface area contributed by atoms with Crippen LogP contribution in [0.2, 0.25) is 0 Å². The molecule has 0 spiro atoms. The van der Waals surface area contributed by atoms with E-state index in [4.69, 9.17) is 9.84 Å². The van der Waals surface area contributed by atoms with Gasteiger partial charge in [0.1, 0.15) is 0 Å². The van der Waals surface area contributed by atoms with Crippen molar-refractivity contribution in [2.45, 2.75) is 32.4 Å². The monoisotopic (exact) mass is 175 g/mol. The van der Waals surface area contributed by atoms with Gasteiger partial charge in [-0.1, -0.05) is 0 Å². The van der Waals surface area contributed by atoms with E-state index in [1.807, 2.05) is 39.8 Å². The highest BCUT2D eigenvalue weighted by atomic mass is 16.5. The zero-order chi connectivity index (χ0) is 9.78. The maximum Gasteiger partial charge on any atom is 0.0651 e. The minimum Gasteiger partial charge on any atom is -0.395 e. The van der Waals surface area contributed by atoms with Gasteiger partial charge in [0.05, 0.1) is 24.9 Å². The van der Waals surface area contributed by atoms with Gasteiger partial charge in [-0.05, 0) is 34.9 Å². The van der Waals surface area contributed by atoms with Crippen molar-refractivity contribution in [1.29, 1.82) is 0 Å². The molecule has 0 saturated heterocycles. The Morgan fingerprint density at radius 2 is 1.83 bits per heavy atom. The Labute approximate surface area is 75.3 Å². The van der Waals surface area contributed by atoms with Crippen LogP contribution >= 0.6 is 0 Å². The van der Waals surface area contributed by atoms with Crippen molar-refractivity contribution < 1.29 is 9.84 Å². The SMILES string of the molecule is CN(C)C(CO)COC(C)(C)C. The molecule has 0 aliphatic heterocycles. The summed E-state index contributed by atoms with van der Waals surface area (Å²) in [4.78, 5) is 1.96. The minimum atomic E-state index is -0.122. The Bertz CT molecular complexity index is 118. The fraction of sp³-hybridized carbons (Fsp3) is 1.00. The molecule has 0 bridgehead atoms. The van der Waals surface area contributed by atoms with Gasteiger partial charge in [0.2, 0.25) is 0 Å². The second-order valence-corrected chi connectivity index (χ2v) is 4.22. The van der Waals surface area contributed by atoms with Crippen LogP contribution in [0.1, 0.15) is 20.8 Å². The topological polar surface area (TPSA) is 32.7 Å². The number of ether oxygens (including phenoxy) is 1. The van der Waals surface area contributed by atoms with Crippen molar-refractivity contribution in [1.82, 2.24) is 4.90 Å². The molecule has 0 saturated carbocycles. The molecule has 0 aromatic carbocycles. The van der Waals surface area contributed by atoms with Gasteiger partial charge >= 0.3 is 0 Å². The molecule has 3 heteroatoms. The first-order valence-corrected chi connectivity index (χ1v) is 4.28. The lowest BCUT2D eigenvalue weighted by molar-refractivity contribution is -0.0376. The Hall–Kier alpha value is -0.120. The summed E-state index contributed by atoms with van der Waals surface area (Å²) < 4.78 is 5.54. The summed E-state index contributed by atoms with van der Waals surface area (Å²) in [6.45, 7) is 6.75. The summed E-state index contributed by atoms with van der Waals surface area (Å²) in [5.41, 5.74) is -0.122. The fourth-order valence-electron chi connectivity index (χ4n) is 0.711. The molecule has 1 unspecified atom stereocenters. The molecule has 0 aliphatic carbocycles. The number of aliphatic hydroxyl groups is 1. The zero-order valence-corrected chi connectivity index (χ0v) is 8.79. The molecule has 3 nitrogen and oxygen atoms in total. The van der Waals surface area contributed by atoms with Crippen molar-refractivity contribution in [3.63, 3.8) is 0 Å². The van der Waals surface area contributed by atoms with Crippen LogP contribution in [0.4, 0.5) is 0 Å². The van der Waals surface area contributed by atoms with Crippen molar-refractivity contribution in [2.24, 2.45) is 0 Å². The van der Waals surface area contributed by atoms with Crippen LogP contribution in [0.3, 0.4) is 0 Å². The molecule has 0 aliphatic rings. The second kappa shape index (κ2) is 4.80. The first-order valence-electron chi connectivity index (χ1n) is 4.28. The smallest absolute Gasteiger partial charge is 0.0651 e. The van der Waals surface area contributed by atoms with E-state index in [2.05, 4.69) is 0 Å². The third-order valence-corrected chi connectivity index (χ3v) is 1.65. The number of aliphatic hydroxyl groups excluding tert-OH is 1. The van der Waals surface area contributed by atoms with E-state index < -0.39 is 0 Å². The quantitative estimate of drug-likeness (QED) is 0.683. The maximum absolute atomic E-state index is 8.97. The van der Waals surface area contributed by atoms with Crippen molar-refractivity contribution in [3.8, 4) is 0 Å². The molecule has 74 valence electrons. The second-order valence-electron chi connectivity index (χ2n) is 4.22. The van der Waals surface area contributed by atoms with Gasteiger partial charge in [-0.15, -0.1) is 0 Å². The van der Waals surface area contributed by atoms with Gasteiger partial charge in [0, 0.05) is 0 Å². The average molecular weight is 175 g/mol.